The molecule has 0 saturated carbocycles. The Morgan fingerprint density at radius 3 is 3.11 bits per heavy atom. The number of nitrogens with one attached hydrogen (secondary N) is 1. The number of hydrogen-bond donors (Lipinski definition) is 2. The van der Waals surface area contributed by atoms with Crippen molar-refractivity contribution in [1.29, 1.82) is 0 Å². The van der Waals surface area contributed by atoms with Crippen LogP contribution < -0.4 is 5.32 Å². The maximum Gasteiger partial charge on any atom is 0.121 e. The van der Waals surface area contributed by atoms with Gasteiger partial charge in [0.1, 0.15) is 4.11 Å². The van der Waals surface area contributed by atoms with Gasteiger partial charge in [-0.15, -0.1) is 0 Å². The normalized spacial score (nSPS) is 38.0. The van der Waals surface area contributed by atoms with E-state index in [1.54, 1.807) is 0 Å². The van der Waals surface area contributed by atoms with Crippen molar-refractivity contribution in [1.82, 2.24) is 5.32 Å². The van der Waals surface area contributed by atoms with Crippen molar-refractivity contribution >= 4 is 22.6 Å². The van der Waals surface area contributed by atoms with Gasteiger partial charge in [0, 0.05) is 13.1 Å². The average Bonchev–Trinajstić information content (AvgIpc) is 1.97. The Morgan fingerprint density at radius 2 is 2.33 bits per heavy atom. The van der Waals surface area contributed by atoms with Crippen LogP contribution in [0.1, 0.15) is 0 Å². The molecular weight excluding hydrogens is 233 g/mol. The monoisotopic (exact) mass is 243 g/mol. The molecule has 0 aromatic rings. The van der Waals surface area contributed by atoms with Gasteiger partial charge < -0.3 is 15.2 Å². The zero-order valence-electron chi connectivity index (χ0n) is 5.01. The summed E-state index contributed by atoms with van der Waals surface area (Å²) in [6.07, 6.45) is -0.329. The second-order valence-electron chi connectivity index (χ2n) is 2.06. The molecule has 0 radical (unpaired) electrons. The van der Waals surface area contributed by atoms with Crippen molar-refractivity contribution in [3.63, 3.8) is 0 Å². The van der Waals surface area contributed by atoms with E-state index in [0.717, 1.165) is 6.54 Å². The summed E-state index contributed by atoms with van der Waals surface area (Å²) in [5, 5.41) is 12.1. The van der Waals surface area contributed by atoms with E-state index in [2.05, 4.69) is 27.9 Å². The number of aliphatic hydroxyl groups is 1. The SMILES string of the molecule is OC1CNCC(I)OC1. The highest BCUT2D eigenvalue weighted by atomic mass is 127. The van der Waals surface area contributed by atoms with Crippen LogP contribution in [-0.4, -0.2) is 35.0 Å². The van der Waals surface area contributed by atoms with Crippen molar-refractivity contribution in [2.45, 2.75) is 10.2 Å². The fourth-order valence-electron chi connectivity index (χ4n) is 0.697. The average molecular weight is 243 g/mol. The van der Waals surface area contributed by atoms with Gasteiger partial charge in [-0.05, 0) is 22.6 Å². The van der Waals surface area contributed by atoms with Crippen molar-refractivity contribution in [3.05, 3.63) is 0 Å². The molecule has 4 heteroatoms. The van der Waals surface area contributed by atoms with Gasteiger partial charge in [-0.3, -0.25) is 0 Å². The Bertz CT molecular complexity index is 81.0. The minimum Gasteiger partial charge on any atom is -0.389 e. The Hall–Kier alpha value is 0.610. The first kappa shape index (κ1) is 7.71. The summed E-state index contributed by atoms with van der Waals surface area (Å²) in [4.78, 5) is 0. The lowest BCUT2D eigenvalue weighted by Crippen LogP contribution is -2.27. The van der Waals surface area contributed by atoms with Gasteiger partial charge in [0.05, 0.1) is 12.7 Å². The molecule has 3 nitrogen and oxygen atoms in total. The topological polar surface area (TPSA) is 41.5 Å². The molecule has 1 saturated heterocycles. The van der Waals surface area contributed by atoms with Gasteiger partial charge in [0.25, 0.3) is 0 Å². The smallest absolute Gasteiger partial charge is 0.121 e. The predicted octanol–water partition coefficient (Wildman–Crippen LogP) is -0.272. The van der Waals surface area contributed by atoms with Gasteiger partial charge in [-0.1, -0.05) is 0 Å². The molecular formula is C5H10INO2. The summed E-state index contributed by atoms with van der Waals surface area (Å²) in [5.74, 6) is 0. The summed E-state index contributed by atoms with van der Waals surface area (Å²) in [5.41, 5.74) is 0. The fourth-order valence-corrected chi connectivity index (χ4v) is 1.22. The molecule has 1 aliphatic heterocycles. The minimum absolute atomic E-state index is 0.208. The summed E-state index contributed by atoms with van der Waals surface area (Å²) in [7, 11) is 0. The summed E-state index contributed by atoms with van der Waals surface area (Å²) in [6.45, 7) is 1.94. The third-order valence-electron chi connectivity index (χ3n) is 1.15. The molecule has 1 rings (SSSR count). The summed E-state index contributed by atoms with van der Waals surface area (Å²) < 4.78 is 5.40. The number of hydrogen-bond acceptors (Lipinski definition) is 3. The minimum atomic E-state index is -0.329. The van der Waals surface area contributed by atoms with Crippen LogP contribution in [0.15, 0.2) is 0 Å². The number of ether oxygens (including phenoxy) is 1. The first-order valence-electron chi connectivity index (χ1n) is 2.93. The van der Waals surface area contributed by atoms with Gasteiger partial charge in [-0.25, -0.2) is 0 Å². The molecule has 54 valence electrons. The van der Waals surface area contributed by atoms with Crippen molar-refractivity contribution < 1.29 is 9.84 Å². The molecule has 1 heterocycles. The molecule has 1 fully saturated rings. The molecule has 2 N–H and O–H groups in total. The number of rotatable bonds is 0. The van der Waals surface area contributed by atoms with Gasteiger partial charge in [-0.2, -0.15) is 0 Å². The highest BCUT2D eigenvalue weighted by Crippen LogP contribution is 2.04. The van der Waals surface area contributed by atoms with Gasteiger partial charge in [0.15, 0.2) is 0 Å². The van der Waals surface area contributed by atoms with Crippen LogP contribution in [0.25, 0.3) is 0 Å². The molecule has 0 aromatic heterocycles. The number of β-amino-alcohol motifs (C(OH)–C–C–N with tert-alkyl or cyclic N) is 1. The van der Waals surface area contributed by atoms with E-state index in [0.29, 0.717) is 13.2 Å². The van der Waals surface area contributed by atoms with Crippen LogP contribution >= 0.6 is 22.6 Å². The molecule has 1 aliphatic rings. The van der Waals surface area contributed by atoms with Crippen molar-refractivity contribution in [3.8, 4) is 0 Å². The van der Waals surface area contributed by atoms with E-state index in [1.807, 2.05) is 0 Å². The van der Waals surface area contributed by atoms with Crippen LogP contribution in [0.2, 0.25) is 0 Å². The third kappa shape index (κ3) is 2.79. The molecule has 2 unspecified atom stereocenters. The van der Waals surface area contributed by atoms with Crippen LogP contribution in [-0.2, 0) is 4.74 Å². The lowest BCUT2D eigenvalue weighted by molar-refractivity contribution is 0.0528. The Labute approximate surface area is 67.9 Å². The van der Waals surface area contributed by atoms with E-state index >= 15 is 0 Å². The molecule has 0 spiro atoms. The standard InChI is InChI=1S/C5H10INO2/c6-5-2-7-1-4(8)3-9-5/h4-5,7-8H,1-3H2. The van der Waals surface area contributed by atoms with Crippen LogP contribution in [0, 0.1) is 0 Å². The zero-order valence-corrected chi connectivity index (χ0v) is 7.17. The van der Waals surface area contributed by atoms with Crippen molar-refractivity contribution in [2.75, 3.05) is 19.7 Å². The lowest BCUT2D eigenvalue weighted by atomic mass is 10.4. The zero-order chi connectivity index (χ0) is 6.69. The Balaban J connectivity index is 2.25. The van der Waals surface area contributed by atoms with Crippen LogP contribution in [0.5, 0.6) is 0 Å². The largest absolute Gasteiger partial charge is 0.389 e. The van der Waals surface area contributed by atoms with E-state index in [4.69, 9.17) is 9.84 Å². The molecule has 0 aromatic carbocycles. The quantitative estimate of drug-likeness (QED) is 0.454. The van der Waals surface area contributed by atoms with Gasteiger partial charge >= 0.3 is 0 Å². The third-order valence-corrected chi connectivity index (χ3v) is 1.95. The Kier molecular flexibility index (Phi) is 3.17. The van der Waals surface area contributed by atoms with E-state index in [9.17, 15) is 0 Å². The van der Waals surface area contributed by atoms with Crippen LogP contribution in [0.4, 0.5) is 0 Å². The maximum absolute atomic E-state index is 9.02. The summed E-state index contributed by atoms with van der Waals surface area (Å²) >= 11 is 2.20. The van der Waals surface area contributed by atoms with E-state index in [-0.39, 0.29) is 10.2 Å². The lowest BCUT2D eigenvalue weighted by Gasteiger charge is -2.05. The fraction of sp³-hybridized carbons (Fsp3) is 1.00. The van der Waals surface area contributed by atoms with Crippen molar-refractivity contribution in [2.24, 2.45) is 0 Å². The summed E-state index contributed by atoms with van der Waals surface area (Å²) in [6, 6.07) is 0. The van der Waals surface area contributed by atoms with Gasteiger partial charge in [0.2, 0.25) is 0 Å². The van der Waals surface area contributed by atoms with E-state index in [1.165, 1.54) is 0 Å². The van der Waals surface area contributed by atoms with Crippen LogP contribution in [0.3, 0.4) is 0 Å². The molecule has 0 bridgehead atoms. The first-order chi connectivity index (χ1) is 4.29. The Morgan fingerprint density at radius 1 is 1.56 bits per heavy atom. The number of aliphatic hydroxyl groups excluding tert-OH is 1. The number of halogens is 1. The first-order valence-corrected chi connectivity index (χ1v) is 4.18. The van der Waals surface area contributed by atoms with E-state index < -0.39 is 0 Å². The highest BCUT2D eigenvalue weighted by Gasteiger charge is 2.13. The molecule has 9 heavy (non-hydrogen) atoms. The predicted molar refractivity (Wildman–Crippen MR) is 42.6 cm³/mol. The second-order valence-corrected chi connectivity index (χ2v) is 3.44. The second kappa shape index (κ2) is 3.70. The highest BCUT2D eigenvalue weighted by molar-refractivity contribution is 14.1. The molecule has 0 amide bonds. The number of alkyl halides is 1. The molecule has 0 aliphatic carbocycles. The maximum atomic E-state index is 9.02. The molecule has 2 atom stereocenters.